The molecule has 2 aliphatic carbocycles. The van der Waals surface area contributed by atoms with Gasteiger partial charge in [-0.15, -0.1) is 0 Å². The third kappa shape index (κ3) is 2.94. The van der Waals surface area contributed by atoms with Crippen molar-refractivity contribution in [3.05, 3.63) is 132 Å². The maximum absolute atomic E-state index is 4.31. The Balaban J connectivity index is 2.50. The molecular weight excluding hydrogens is 336 g/mol. The second kappa shape index (κ2) is 8.02. The second-order valence-electron chi connectivity index (χ2n) is 7.64. The van der Waals surface area contributed by atoms with E-state index in [1.54, 1.807) is 0 Å². The standard InChI is InChI=1S/C28H30/c1-7-13-26-24(8-2)27(20(4)5)25(9-3)28(26,22-14-11-10-12-15-22)23-18-16-21(6)17-19-23/h7-16,18-19,21H,1,3-4,17H2,2,5-6H3/b24-8+,26-13+. The lowest BCUT2D eigenvalue weighted by molar-refractivity contribution is 0.687. The Bertz CT molecular complexity index is 957. The van der Waals surface area contributed by atoms with Crippen molar-refractivity contribution in [1.29, 1.82) is 0 Å². The van der Waals surface area contributed by atoms with Crippen LogP contribution in [0.25, 0.3) is 0 Å². The minimum absolute atomic E-state index is 0.399. The molecule has 0 radical (unpaired) electrons. The molecule has 2 atom stereocenters. The molecule has 0 saturated heterocycles. The molecule has 142 valence electrons. The fourth-order valence-electron chi connectivity index (χ4n) is 4.64. The predicted octanol–water partition coefficient (Wildman–Crippen LogP) is 7.58. The van der Waals surface area contributed by atoms with E-state index in [-0.39, 0.29) is 0 Å². The third-order valence-corrected chi connectivity index (χ3v) is 5.79. The highest BCUT2D eigenvalue weighted by Crippen LogP contribution is 2.58. The van der Waals surface area contributed by atoms with Crippen LogP contribution >= 0.6 is 0 Å². The SMILES string of the molecule is C=C/C=C1\C(=C/C)C(C(=C)C)=C(C=C)C1(C1=CCC(C)C=C1)c1ccccc1. The van der Waals surface area contributed by atoms with Gasteiger partial charge in [-0.05, 0) is 59.6 Å². The van der Waals surface area contributed by atoms with Crippen LogP contribution in [0.3, 0.4) is 0 Å². The van der Waals surface area contributed by atoms with Gasteiger partial charge in [0.2, 0.25) is 0 Å². The first-order valence-corrected chi connectivity index (χ1v) is 10.00. The maximum Gasteiger partial charge on any atom is 0.0710 e. The Kier molecular flexibility index (Phi) is 5.70. The van der Waals surface area contributed by atoms with E-state index in [1.807, 2.05) is 12.2 Å². The van der Waals surface area contributed by atoms with Crippen molar-refractivity contribution >= 4 is 0 Å². The van der Waals surface area contributed by atoms with Gasteiger partial charge in [-0.2, -0.15) is 0 Å². The summed E-state index contributed by atoms with van der Waals surface area (Å²) in [5, 5.41) is 0. The second-order valence-corrected chi connectivity index (χ2v) is 7.64. The van der Waals surface area contributed by atoms with Crippen molar-refractivity contribution in [2.45, 2.75) is 32.6 Å². The smallest absolute Gasteiger partial charge is 0.0710 e. The topological polar surface area (TPSA) is 0 Å². The van der Waals surface area contributed by atoms with Gasteiger partial charge in [-0.1, -0.05) is 105 Å². The zero-order valence-corrected chi connectivity index (χ0v) is 17.3. The van der Waals surface area contributed by atoms with E-state index in [1.165, 1.54) is 33.4 Å². The first-order chi connectivity index (χ1) is 13.5. The normalized spacial score (nSPS) is 27.2. The molecule has 1 aromatic rings. The molecule has 0 N–H and O–H groups in total. The predicted molar refractivity (Wildman–Crippen MR) is 123 cm³/mol. The highest BCUT2D eigenvalue weighted by molar-refractivity contribution is 5.80. The Labute approximate surface area is 170 Å². The van der Waals surface area contributed by atoms with Gasteiger partial charge in [0, 0.05) is 0 Å². The Morgan fingerprint density at radius 3 is 2.39 bits per heavy atom. The molecule has 0 bridgehead atoms. The molecule has 0 saturated carbocycles. The van der Waals surface area contributed by atoms with Crippen LogP contribution in [0.1, 0.15) is 32.8 Å². The Morgan fingerprint density at radius 2 is 1.89 bits per heavy atom. The fourth-order valence-corrected chi connectivity index (χ4v) is 4.64. The van der Waals surface area contributed by atoms with Gasteiger partial charge >= 0.3 is 0 Å². The van der Waals surface area contributed by atoms with Crippen molar-refractivity contribution in [2.24, 2.45) is 5.92 Å². The fraction of sp³-hybridized carbons (Fsp3) is 0.214. The summed E-state index contributed by atoms with van der Waals surface area (Å²) < 4.78 is 0. The van der Waals surface area contributed by atoms with Crippen LogP contribution in [-0.4, -0.2) is 0 Å². The van der Waals surface area contributed by atoms with Crippen LogP contribution in [0, 0.1) is 5.92 Å². The van der Waals surface area contributed by atoms with E-state index in [9.17, 15) is 0 Å². The van der Waals surface area contributed by atoms with Crippen molar-refractivity contribution in [3.63, 3.8) is 0 Å². The minimum Gasteiger partial charge on any atom is -0.0991 e. The highest BCUT2D eigenvalue weighted by Gasteiger charge is 2.49. The Hall–Kier alpha value is -2.86. The summed E-state index contributed by atoms with van der Waals surface area (Å²) in [5.41, 5.74) is 8.08. The molecule has 0 aliphatic heterocycles. The summed E-state index contributed by atoms with van der Waals surface area (Å²) >= 11 is 0. The number of benzene rings is 1. The molecule has 0 aromatic heterocycles. The van der Waals surface area contributed by atoms with Crippen molar-refractivity contribution in [3.8, 4) is 0 Å². The molecule has 0 amide bonds. The van der Waals surface area contributed by atoms with Gasteiger partial charge < -0.3 is 0 Å². The van der Waals surface area contributed by atoms with Crippen molar-refractivity contribution in [1.82, 2.24) is 0 Å². The molecule has 28 heavy (non-hydrogen) atoms. The van der Waals surface area contributed by atoms with Crippen LogP contribution in [0.15, 0.2) is 126 Å². The number of allylic oxidation sites excluding steroid dienone is 13. The summed E-state index contributed by atoms with van der Waals surface area (Å²) in [5.74, 6) is 0.558. The summed E-state index contributed by atoms with van der Waals surface area (Å²) in [6, 6.07) is 10.8. The molecule has 0 nitrogen and oxygen atoms in total. The number of rotatable bonds is 5. The summed E-state index contributed by atoms with van der Waals surface area (Å²) in [6.07, 6.45) is 16.3. The molecule has 3 rings (SSSR count). The van der Waals surface area contributed by atoms with Crippen LogP contribution in [-0.2, 0) is 5.41 Å². The molecule has 0 heteroatoms. The average Bonchev–Trinajstić information content (AvgIpc) is 3.00. The van der Waals surface area contributed by atoms with Gasteiger partial charge in [0.25, 0.3) is 0 Å². The van der Waals surface area contributed by atoms with E-state index in [0.29, 0.717) is 5.92 Å². The first-order valence-electron chi connectivity index (χ1n) is 10.00. The molecule has 0 heterocycles. The summed E-state index contributed by atoms with van der Waals surface area (Å²) in [7, 11) is 0. The Morgan fingerprint density at radius 1 is 1.18 bits per heavy atom. The van der Waals surface area contributed by atoms with Gasteiger partial charge in [-0.25, -0.2) is 0 Å². The number of hydrogen-bond donors (Lipinski definition) is 0. The molecule has 0 fully saturated rings. The molecule has 0 spiro atoms. The summed E-state index contributed by atoms with van der Waals surface area (Å²) in [6.45, 7) is 19.0. The zero-order valence-electron chi connectivity index (χ0n) is 17.3. The van der Waals surface area contributed by atoms with E-state index in [0.717, 1.165) is 12.0 Å². The molecule has 2 unspecified atom stereocenters. The monoisotopic (exact) mass is 366 g/mol. The molecule has 2 aliphatic rings. The highest BCUT2D eigenvalue weighted by atomic mass is 14.5. The maximum atomic E-state index is 4.31. The van der Waals surface area contributed by atoms with E-state index in [2.05, 4.69) is 101 Å². The van der Waals surface area contributed by atoms with E-state index < -0.39 is 5.41 Å². The van der Waals surface area contributed by atoms with Gasteiger partial charge in [0.05, 0.1) is 5.41 Å². The molecular formula is C28H30. The third-order valence-electron chi connectivity index (χ3n) is 5.79. The lowest BCUT2D eigenvalue weighted by Gasteiger charge is -2.37. The van der Waals surface area contributed by atoms with Crippen molar-refractivity contribution < 1.29 is 0 Å². The zero-order chi connectivity index (χ0) is 20.3. The van der Waals surface area contributed by atoms with E-state index in [4.69, 9.17) is 0 Å². The quantitative estimate of drug-likeness (QED) is 0.504. The van der Waals surface area contributed by atoms with Gasteiger partial charge in [-0.3, -0.25) is 0 Å². The summed E-state index contributed by atoms with van der Waals surface area (Å²) in [4.78, 5) is 0. The number of hydrogen-bond acceptors (Lipinski definition) is 0. The average molecular weight is 367 g/mol. The molecule has 1 aromatic carbocycles. The van der Waals surface area contributed by atoms with Crippen LogP contribution < -0.4 is 0 Å². The van der Waals surface area contributed by atoms with E-state index >= 15 is 0 Å². The first kappa shape index (κ1) is 19.9. The van der Waals surface area contributed by atoms with Crippen molar-refractivity contribution in [2.75, 3.05) is 0 Å². The van der Waals surface area contributed by atoms with Crippen LogP contribution in [0.2, 0.25) is 0 Å². The van der Waals surface area contributed by atoms with Gasteiger partial charge in [0.15, 0.2) is 0 Å². The lowest BCUT2D eigenvalue weighted by Crippen LogP contribution is -2.31. The lowest BCUT2D eigenvalue weighted by atomic mass is 9.64. The minimum atomic E-state index is -0.399. The largest absolute Gasteiger partial charge is 0.0991 e. The van der Waals surface area contributed by atoms with Crippen LogP contribution in [0.5, 0.6) is 0 Å². The van der Waals surface area contributed by atoms with Crippen LogP contribution in [0.4, 0.5) is 0 Å². The van der Waals surface area contributed by atoms with Gasteiger partial charge in [0.1, 0.15) is 0 Å².